The molecule has 7 heteroatoms. The lowest BCUT2D eigenvalue weighted by Crippen LogP contribution is -2.35. The van der Waals surface area contributed by atoms with Crippen molar-refractivity contribution in [3.63, 3.8) is 0 Å². The van der Waals surface area contributed by atoms with Crippen molar-refractivity contribution in [1.29, 1.82) is 0 Å². The summed E-state index contributed by atoms with van der Waals surface area (Å²) in [5.41, 5.74) is 4.23. The Labute approximate surface area is 213 Å². The van der Waals surface area contributed by atoms with Crippen LogP contribution in [0, 0.1) is 0 Å². The van der Waals surface area contributed by atoms with Crippen LogP contribution in [0.1, 0.15) is 50.8 Å². The maximum Gasteiger partial charge on any atom is 0.337 e. The number of rotatable bonds is 10. The van der Waals surface area contributed by atoms with Gasteiger partial charge >= 0.3 is 5.97 Å². The van der Waals surface area contributed by atoms with Gasteiger partial charge in [-0.2, -0.15) is 5.10 Å². The van der Waals surface area contributed by atoms with E-state index < -0.39 is 11.6 Å². The lowest BCUT2D eigenvalue weighted by molar-refractivity contribution is -0.166. The molecule has 3 aromatic rings. The second kappa shape index (κ2) is 10.3. The van der Waals surface area contributed by atoms with Gasteiger partial charge in [0.1, 0.15) is 5.75 Å². The maximum absolute atomic E-state index is 12.1. The smallest absolute Gasteiger partial charge is 0.337 e. The number of anilines is 1. The van der Waals surface area contributed by atoms with E-state index in [9.17, 15) is 4.79 Å². The second-order valence-electron chi connectivity index (χ2n) is 10.1. The number of para-hydroxylation sites is 1. The van der Waals surface area contributed by atoms with Crippen molar-refractivity contribution in [1.82, 2.24) is 9.78 Å². The molecule has 36 heavy (non-hydrogen) atoms. The molecule has 2 aromatic carbocycles. The zero-order valence-electron chi connectivity index (χ0n) is 21.4. The third-order valence-electron chi connectivity index (χ3n) is 6.80. The molecule has 0 N–H and O–H groups in total. The van der Waals surface area contributed by atoms with Crippen molar-refractivity contribution < 1.29 is 19.0 Å². The number of aromatic nitrogens is 2. The molecule has 5 rings (SSSR count). The van der Waals surface area contributed by atoms with Crippen molar-refractivity contribution in [3.05, 3.63) is 65.9 Å². The van der Waals surface area contributed by atoms with Crippen molar-refractivity contribution in [2.45, 2.75) is 64.4 Å². The molecule has 0 amide bonds. The van der Waals surface area contributed by atoms with Crippen LogP contribution in [0.2, 0.25) is 0 Å². The molecule has 0 unspecified atom stereocenters. The highest BCUT2D eigenvalue weighted by atomic mass is 16.6. The Bertz CT molecular complexity index is 1210. The molecule has 2 fully saturated rings. The Morgan fingerprint density at radius 3 is 2.58 bits per heavy atom. The van der Waals surface area contributed by atoms with E-state index in [1.54, 1.807) is 13.8 Å². The highest BCUT2D eigenvalue weighted by Gasteiger charge is 2.30. The lowest BCUT2D eigenvalue weighted by atomic mass is 10.1. The molecule has 1 aliphatic heterocycles. The predicted molar refractivity (Wildman–Crippen MR) is 139 cm³/mol. The van der Waals surface area contributed by atoms with Crippen molar-refractivity contribution in [2.24, 2.45) is 0 Å². The molecule has 0 spiro atoms. The van der Waals surface area contributed by atoms with E-state index in [0.29, 0.717) is 12.6 Å². The molecule has 0 bridgehead atoms. The van der Waals surface area contributed by atoms with E-state index in [-0.39, 0.29) is 6.61 Å². The molecule has 2 aliphatic rings. The Hall–Kier alpha value is -3.32. The zero-order chi connectivity index (χ0) is 25.1. The molecule has 0 radical (unpaired) electrons. The topological polar surface area (TPSA) is 65.8 Å². The van der Waals surface area contributed by atoms with Crippen LogP contribution in [-0.2, 0) is 27.4 Å². The maximum atomic E-state index is 12.1. The number of carbonyl (C=O) groups excluding carboxylic acids is 1. The van der Waals surface area contributed by atoms with Crippen LogP contribution in [0.25, 0.3) is 11.3 Å². The summed E-state index contributed by atoms with van der Waals surface area (Å²) in [6, 6.07) is 18.8. The van der Waals surface area contributed by atoms with Gasteiger partial charge in [-0.1, -0.05) is 30.3 Å². The summed E-state index contributed by atoms with van der Waals surface area (Å²) in [5.74, 6) is 0.469. The Morgan fingerprint density at radius 2 is 1.83 bits per heavy atom. The number of ether oxygens (including phenoxy) is 3. The largest absolute Gasteiger partial charge is 0.490 e. The lowest BCUT2D eigenvalue weighted by Gasteiger charge is -2.22. The number of benzene rings is 2. The first-order valence-electron chi connectivity index (χ1n) is 12.8. The summed E-state index contributed by atoms with van der Waals surface area (Å²) in [5, 5.41) is 4.92. The molecule has 1 aromatic heterocycles. The highest BCUT2D eigenvalue weighted by molar-refractivity contribution is 5.78. The van der Waals surface area contributed by atoms with Crippen LogP contribution >= 0.6 is 0 Å². The monoisotopic (exact) mass is 489 g/mol. The van der Waals surface area contributed by atoms with Gasteiger partial charge in [0.15, 0.2) is 5.60 Å². The Kier molecular flexibility index (Phi) is 7.01. The fraction of sp³-hybridized carbons (Fsp3) is 0.448. The van der Waals surface area contributed by atoms with Gasteiger partial charge in [0.2, 0.25) is 0 Å². The van der Waals surface area contributed by atoms with E-state index >= 15 is 0 Å². The molecule has 1 saturated heterocycles. The molecule has 1 saturated carbocycles. The molecule has 190 valence electrons. The molecule has 7 nitrogen and oxygen atoms in total. The number of nitrogens with zero attached hydrogens (tertiary/aromatic N) is 3. The first kappa shape index (κ1) is 24.4. The van der Waals surface area contributed by atoms with Crippen molar-refractivity contribution in [2.75, 3.05) is 25.1 Å². The van der Waals surface area contributed by atoms with Gasteiger partial charge in [-0.25, -0.2) is 4.79 Å². The summed E-state index contributed by atoms with van der Waals surface area (Å²) in [7, 11) is 1.37. The number of hydrogen-bond acceptors (Lipinski definition) is 6. The quantitative estimate of drug-likeness (QED) is 0.365. The summed E-state index contributed by atoms with van der Waals surface area (Å²) >= 11 is 0. The second-order valence-corrected chi connectivity index (χ2v) is 10.1. The van der Waals surface area contributed by atoms with E-state index in [0.717, 1.165) is 48.6 Å². The molecule has 1 aliphatic carbocycles. The van der Waals surface area contributed by atoms with Gasteiger partial charge < -0.3 is 19.1 Å². The summed E-state index contributed by atoms with van der Waals surface area (Å²) in [4.78, 5) is 14.6. The molecule has 0 atom stereocenters. The van der Waals surface area contributed by atoms with Crippen LogP contribution < -0.4 is 9.64 Å². The Balaban J connectivity index is 1.46. The highest BCUT2D eigenvalue weighted by Crippen LogP contribution is 2.32. The van der Waals surface area contributed by atoms with Crippen LogP contribution in [0.5, 0.6) is 5.75 Å². The fourth-order valence-electron chi connectivity index (χ4n) is 4.63. The van der Waals surface area contributed by atoms with Gasteiger partial charge in [-0.15, -0.1) is 0 Å². The van der Waals surface area contributed by atoms with Crippen LogP contribution in [-0.4, -0.2) is 47.7 Å². The van der Waals surface area contributed by atoms with Crippen LogP contribution in [0.3, 0.4) is 0 Å². The summed E-state index contributed by atoms with van der Waals surface area (Å²) < 4.78 is 18.9. The van der Waals surface area contributed by atoms with E-state index in [1.165, 1.54) is 31.2 Å². The van der Waals surface area contributed by atoms with Gasteiger partial charge in [0, 0.05) is 24.3 Å². The van der Waals surface area contributed by atoms with Crippen molar-refractivity contribution in [3.8, 4) is 17.0 Å². The Morgan fingerprint density at radius 1 is 1.06 bits per heavy atom. The van der Waals surface area contributed by atoms with Crippen molar-refractivity contribution >= 4 is 11.7 Å². The SMILES string of the molecule is COC(=O)C(C)(C)OCc1cc(-c2cccc(OC3CC3)c2)n(Cc2ccccc2N2CCCC2)n1. The molecule has 2 heterocycles. The first-order valence-corrected chi connectivity index (χ1v) is 12.8. The van der Waals surface area contributed by atoms with E-state index in [1.807, 2.05) is 22.9 Å². The standard InChI is InChI=1S/C29H35N3O4/c1-29(2,28(33)34-3)35-20-23-18-27(21-10-8-11-25(17-21)36-24-13-14-24)32(30-23)19-22-9-4-5-12-26(22)31-15-6-7-16-31/h4-5,8-12,17-18,24H,6-7,13-16,19-20H2,1-3H3. The minimum absolute atomic E-state index is 0.203. The fourth-order valence-corrected chi connectivity index (χ4v) is 4.63. The summed E-state index contributed by atoms with van der Waals surface area (Å²) in [6.07, 6.45) is 5.03. The summed E-state index contributed by atoms with van der Waals surface area (Å²) in [6.45, 7) is 6.43. The van der Waals surface area contributed by atoms with Crippen LogP contribution in [0.4, 0.5) is 5.69 Å². The minimum Gasteiger partial charge on any atom is -0.490 e. The van der Waals surface area contributed by atoms with Gasteiger partial charge in [-0.05, 0) is 69.4 Å². The average molecular weight is 490 g/mol. The average Bonchev–Trinajstić information content (AvgIpc) is 3.36. The van der Waals surface area contributed by atoms with Gasteiger partial charge in [-0.3, -0.25) is 4.68 Å². The first-order chi connectivity index (χ1) is 17.4. The number of hydrogen-bond donors (Lipinski definition) is 0. The van der Waals surface area contributed by atoms with E-state index in [4.69, 9.17) is 19.3 Å². The number of carbonyl (C=O) groups is 1. The molecular weight excluding hydrogens is 454 g/mol. The normalized spacial score (nSPS) is 15.8. The minimum atomic E-state index is -1.06. The van der Waals surface area contributed by atoms with Gasteiger partial charge in [0.25, 0.3) is 0 Å². The van der Waals surface area contributed by atoms with Gasteiger partial charge in [0.05, 0.1) is 37.8 Å². The third-order valence-corrected chi connectivity index (χ3v) is 6.80. The third kappa shape index (κ3) is 5.57. The molecular formula is C29H35N3O4. The van der Waals surface area contributed by atoms with Crippen LogP contribution in [0.15, 0.2) is 54.6 Å². The number of esters is 1. The van der Waals surface area contributed by atoms with E-state index in [2.05, 4.69) is 41.3 Å². The predicted octanol–water partition coefficient (Wildman–Crippen LogP) is 5.21. The number of methoxy groups -OCH3 is 1. The zero-order valence-corrected chi connectivity index (χ0v) is 21.4.